The largest absolute Gasteiger partial charge is 0.460 e. The van der Waals surface area contributed by atoms with Crippen LogP contribution >= 0.6 is 11.8 Å². The average Bonchev–Trinajstić information content (AvgIpc) is 2.25. The summed E-state index contributed by atoms with van der Waals surface area (Å²) in [6.45, 7) is 5.25. The molecule has 0 saturated carbocycles. The highest BCUT2D eigenvalue weighted by Gasteiger charge is 2.09. The van der Waals surface area contributed by atoms with Crippen molar-refractivity contribution in [3.63, 3.8) is 0 Å². The second-order valence-corrected chi connectivity index (χ2v) is 4.12. The monoisotopic (exact) mass is 250 g/mol. The van der Waals surface area contributed by atoms with Gasteiger partial charge in [-0.1, -0.05) is 6.58 Å². The van der Waals surface area contributed by atoms with E-state index in [1.165, 1.54) is 6.92 Å². The Morgan fingerprint density at radius 3 is 2.69 bits per heavy atom. The predicted molar refractivity (Wildman–Crippen MR) is 62.1 cm³/mol. The quantitative estimate of drug-likeness (QED) is 0.214. The molecule has 0 bridgehead atoms. The molecule has 0 aliphatic carbocycles. The number of hydrogen-bond acceptors (Lipinski definition) is 6. The number of esters is 1. The molecule has 0 radical (unpaired) electrons. The Morgan fingerprint density at radius 2 is 2.12 bits per heavy atom. The minimum atomic E-state index is -0.891. The van der Waals surface area contributed by atoms with Crippen LogP contribution in [-0.4, -0.2) is 49.0 Å². The van der Waals surface area contributed by atoms with Crippen molar-refractivity contribution in [1.82, 2.24) is 0 Å². The van der Waals surface area contributed by atoms with Crippen LogP contribution in [0.15, 0.2) is 12.2 Å². The minimum Gasteiger partial charge on any atom is -0.460 e. The maximum atomic E-state index is 11.0. The van der Waals surface area contributed by atoms with Crippen LogP contribution in [-0.2, 0) is 19.3 Å². The van der Waals surface area contributed by atoms with Gasteiger partial charge in [-0.25, -0.2) is 14.6 Å². The first kappa shape index (κ1) is 15.4. The highest BCUT2D eigenvalue weighted by atomic mass is 32.2. The molecule has 0 heterocycles. The molecule has 1 unspecified atom stereocenters. The van der Waals surface area contributed by atoms with Gasteiger partial charge in [-0.3, -0.25) is 0 Å². The van der Waals surface area contributed by atoms with Gasteiger partial charge in [0.25, 0.3) is 0 Å². The second kappa shape index (κ2) is 9.65. The van der Waals surface area contributed by atoms with Crippen molar-refractivity contribution in [2.24, 2.45) is 0 Å². The molecule has 0 fully saturated rings. The molecule has 0 amide bonds. The Balaban J connectivity index is 3.41. The molecule has 94 valence electrons. The lowest BCUT2D eigenvalue weighted by molar-refractivity contribution is -0.302. The third-order valence-corrected chi connectivity index (χ3v) is 2.04. The highest BCUT2D eigenvalue weighted by molar-refractivity contribution is 7.98. The molecule has 6 heteroatoms. The van der Waals surface area contributed by atoms with E-state index in [1.807, 2.05) is 6.26 Å². The van der Waals surface area contributed by atoms with Crippen molar-refractivity contribution in [2.75, 3.05) is 31.8 Å². The van der Waals surface area contributed by atoms with E-state index in [0.717, 1.165) is 5.75 Å². The molecule has 0 aliphatic rings. The van der Waals surface area contributed by atoms with Crippen LogP contribution in [0.4, 0.5) is 0 Å². The van der Waals surface area contributed by atoms with E-state index in [-0.39, 0.29) is 13.2 Å². The van der Waals surface area contributed by atoms with Gasteiger partial charge in [0.2, 0.25) is 0 Å². The number of hydrogen-bond donors (Lipinski definition) is 1. The maximum Gasteiger partial charge on any atom is 0.333 e. The van der Waals surface area contributed by atoms with E-state index < -0.39 is 12.1 Å². The van der Waals surface area contributed by atoms with Gasteiger partial charge in [-0.2, -0.15) is 11.8 Å². The van der Waals surface area contributed by atoms with Crippen LogP contribution in [0.2, 0.25) is 0 Å². The van der Waals surface area contributed by atoms with E-state index in [9.17, 15) is 9.90 Å². The Bertz CT molecular complexity index is 219. The first-order chi connectivity index (χ1) is 7.57. The maximum absolute atomic E-state index is 11.0. The SMILES string of the molecule is C=C(C)C(=O)OCC(O)COOCCSC. The number of carbonyl (C=O) groups is 1. The number of ether oxygens (including phenoxy) is 1. The van der Waals surface area contributed by atoms with Crippen molar-refractivity contribution in [1.29, 1.82) is 0 Å². The predicted octanol–water partition coefficient (Wildman–Crippen LogP) is 0.778. The normalized spacial score (nSPS) is 12.2. The molecule has 0 aromatic rings. The summed E-state index contributed by atoms with van der Waals surface area (Å²) in [5.41, 5.74) is 0.296. The lowest BCUT2D eigenvalue weighted by atomic mass is 10.3. The van der Waals surface area contributed by atoms with Crippen molar-refractivity contribution < 1.29 is 24.4 Å². The van der Waals surface area contributed by atoms with Gasteiger partial charge in [0.1, 0.15) is 19.3 Å². The molecule has 5 nitrogen and oxygen atoms in total. The molecular weight excluding hydrogens is 232 g/mol. The number of thioether (sulfide) groups is 1. The molecule has 0 aromatic carbocycles. The van der Waals surface area contributed by atoms with Gasteiger partial charge in [0, 0.05) is 11.3 Å². The van der Waals surface area contributed by atoms with E-state index in [2.05, 4.69) is 6.58 Å². The third kappa shape index (κ3) is 8.72. The summed E-state index contributed by atoms with van der Waals surface area (Å²) < 4.78 is 4.72. The Labute approximate surface area is 99.7 Å². The molecule has 1 N–H and O–H groups in total. The van der Waals surface area contributed by atoms with Crippen LogP contribution in [0.25, 0.3) is 0 Å². The Kier molecular flexibility index (Phi) is 9.31. The number of aliphatic hydroxyl groups is 1. The molecule has 0 aliphatic heterocycles. The highest BCUT2D eigenvalue weighted by Crippen LogP contribution is 1.96. The van der Waals surface area contributed by atoms with E-state index in [1.54, 1.807) is 11.8 Å². The Hall–Kier alpha value is -0.560. The number of aliphatic hydroxyl groups excluding tert-OH is 1. The zero-order valence-electron chi connectivity index (χ0n) is 9.60. The second-order valence-electron chi connectivity index (χ2n) is 3.13. The Morgan fingerprint density at radius 1 is 1.44 bits per heavy atom. The van der Waals surface area contributed by atoms with Crippen molar-refractivity contribution in [2.45, 2.75) is 13.0 Å². The lowest BCUT2D eigenvalue weighted by Gasteiger charge is -2.10. The lowest BCUT2D eigenvalue weighted by Crippen LogP contribution is -2.24. The summed E-state index contributed by atoms with van der Waals surface area (Å²) in [7, 11) is 0. The molecule has 0 aromatic heterocycles. The summed E-state index contributed by atoms with van der Waals surface area (Å²) in [5, 5.41) is 9.32. The van der Waals surface area contributed by atoms with Crippen LogP contribution in [0, 0.1) is 0 Å². The van der Waals surface area contributed by atoms with E-state index in [4.69, 9.17) is 14.5 Å². The first-order valence-electron chi connectivity index (χ1n) is 4.82. The van der Waals surface area contributed by atoms with Crippen molar-refractivity contribution >= 4 is 17.7 Å². The summed E-state index contributed by atoms with van der Waals surface area (Å²) in [6.07, 6.45) is 1.06. The van der Waals surface area contributed by atoms with Gasteiger partial charge in [0.05, 0.1) is 6.61 Å². The van der Waals surface area contributed by atoms with Crippen molar-refractivity contribution in [3.8, 4) is 0 Å². The van der Waals surface area contributed by atoms with Gasteiger partial charge < -0.3 is 9.84 Å². The standard InChI is InChI=1S/C10H18O5S/c1-8(2)10(12)13-6-9(11)7-15-14-4-5-16-3/h9,11H,1,4-7H2,2-3H3. The van der Waals surface area contributed by atoms with Crippen LogP contribution in [0.3, 0.4) is 0 Å². The zero-order valence-corrected chi connectivity index (χ0v) is 10.4. The fourth-order valence-corrected chi connectivity index (χ4v) is 0.881. The van der Waals surface area contributed by atoms with Crippen molar-refractivity contribution in [3.05, 3.63) is 12.2 Å². The molecule has 0 rings (SSSR count). The van der Waals surface area contributed by atoms with E-state index >= 15 is 0 Å². The smallest absolute Gasteiger partial charge is 0.333 e. The van der Waals surface area contributed by atoms with Crippen LogP contribution in [0.5, 0.6) is 0 Å². The van der Waals surface area contributed by atoms with Gasteiger partial charge >= 0.3 is 5.97 Å². The van der Waals surface area contributed by atoms with Crippen LogP contribution in [0.1, 0.15) is 6.92 Å². The summed E-state index contributed by atoms with van der Waals surface area (Å²) >= 11 is 1.63. The van der Waals surface area contributed by atoms with Crippen LogP contribution < -0.4 is 0 Å². The molecule has 16 heavy (non-hydrogen) atoms. The van der Waals surface area contributed by atoms with Gasteiger partial charge in [-0.05, 0) is 13.2 Å². The molecular formula is C10H18O5S. The zero-order chi connectivity index (χ0) is 12.4. The topological polar surface area (TPSA) is 65.0 Å². The summed E-state index contributed by atoms with van der Waals surface area (Å²) in [6, 6.07) is 0. The molecule has 0 spiro atoms. The number of carbonyl (C=O) groups excluding carboxylic acids is 1. The minimum absolute atomic E-state index is 0.0299. The first-order valence-corrected chi connectivity index (χ1v) is 6.21. The summed E-state index contributed by atoms with van der Waals surface area (Å²) in [5.74, 6) is 0.295. The van der Waals surface area contributed by atoms with Gasteiger partial charge in [-0.15, -0.1) is 0 Å². The van der Waals surface area contributed by atoms with E-state index in [0.29, 0.717) is 12.2 Å². The summed E-state index contributed by atoms with van der Waals surface area (Å²) in [4.78, 5) is 20.4. The third-order valence-electron chi connectivity index (χ3n) is 1.47. The average molecular weight is 250 g/mol. The fraction of sp³-hybridized carbons (Fsp3) is 0.700. The fourth-order valence-electron chi connectivity index (χ4n) is 0.646. The molecule has 1 atom stereocenters. The number of rotatable bonds is 9. The molecule has 0 saturated heterocycles. The van der Waals surface area contributed by atoms with Gasteiger partial charge in [0.15, 0.2) is 0 Å².